The fourth-order valence-corrected chi connectivity index (χ4v) is 3.64. The molecule has 2 rings (SSSR count). The molecule has 0 aliphatic carbocycles. The van der Waals surface area contributed by atoms with E-state index in [9.17, 15) is 9.90 Å². The van der Waals surface area contributed by atoms with E-state index in [1.165, 1.54) is 0 Å². The number of aliphatic hydroxyl groups excluding tert-OH is 1. The summed E-state index contributed by atoms with van der Waals surface area (Å²) in [7, 11) is 0. The monoisotopic (exact) mass is 297 g/mol. The number of nitrogens with zero attached hydrogens (tertiary/aromatic N) is 2. The predicted octanol–water partition coefficient (Wildman–Crippen LogP) is 0.824. The first-order chi connectivity index (χ1) is 10.3. The van der Waals surface area contributed by atoms with E-state index in [0.29, 0.717) is 12.6 Å². The molecule has 1 atom stereocenters. The predicted molar refractivity (Wildman–Crippen MR) is 84.2 cm³/mol. The van der Waals surface area contributed by atoms with E-state index in [1.807, 2.05) is 4.90 Å². The van der Waals surface area contributed by atoms with Crippen LogP contribution in [0.1, 0.15) is 45.4 Å². The molecule has 21 heavy (non-hydrogen) atoms. The van der Waals surface area contributed by atoms with Gasteiger partial charge in [-0.3, -0.25) is 9.69 Å². The maximum Gasteiger partial charge on any atom is 0.240 e. The molecular formula is C16H31N3O2. The molecule has 0 aromatic heterocycles. The summed E-state index contributed by atoms with van der Waals surface area (Å²) in [6.45, 7) is 6.66. The molecule has 0 aromatic carbocycles. The number of carbonyl (C=O) groups is 1. The third kappa shape index (κ3) is 4.41. The molecule has 122 valence electrons. The van der Waals surface area contributed by atoms with Crippen molar-refractivity contribution in [3.05, 3.63) is 0 Å². The number of hydrogen-bond acceptors (Lipinski definition) is 4. The average Bonchev–Trinajstić information content (AvgIpc) is 3.01. The van der Waals surface area contributed by atoms with Crippen LogP contribution in [0.3, 0.4) is 0 Å². The Morgan fingerprint density at radius 1 is 1.29 bits per heavy atom. The van der Waals surface area contributed by atoms with Gasteiger partial charge in [-0.25, -0.2) is 0 Å². The molecule has 2 N–H and O–H groups in total. The van der Waals surface area contributed by atoms with Crippen LogP contribution >= 0.6 is 0 Å². The third-order valence-corrected chi connectivity index (χ3v) is 4.82. The zero-order valence-electron chi connectivity index (χ0n) is 13.4. The van der Waals surface area contributed by atoms with Crippen molar-refractivity contribution in [2.75, 3.05) is 39.3 Å². The van der Waals surface area contributed by atoms with Gasteiger partial charge in [-0.2, -0.15) is 0 Å². The molecule has 2 aliphatic rings. The van der Waals surface area contributed by atoms with Gasteiger partial charge in [-0.15, -0.1) is 0 Å². The fraction of sp³-hybridized carbons (Fsp3) is 0.938. The molecule has 0 radical (unpaired) electrons. The van der Waals surface area contributed by atoms with Crippen molar-refractivity contribution in [2.24, 2.45) is 0 Å². The highest BCUT2D eigenvalue weighted by molar-refractivity contribution is 5.82. The molecule has 2 heterocycles. The van der Waals surface area contributed by atoms with E-state index in [-0.39, 0.29) is 18.6 Å². The van der Waals surface area contributed by atoms with E-state index in [1.54, 1.807) is 0 Å². The lowest BCUT2D eigenvalue weighted by Crippen LogP contribution is -2.52. The van der Waals surface area contributed by atoms with Gasteiger partial charge in [0.1, 0.15) is 0 Å². The number of carbonyl (C=O) groups excluding carboxylic acids is 1. The Morgan fingerprint density at radius 3 is 2.71 bits per heavy atom. The smallest absolute Gasteiger partial charge is 0.240 e. The summed E-state index contributed by atoms with van der Waals surface area (Å²) < 4.78 is 0. The summed E-state index contributed by atoms with van der Waals surface area (Å²) in [5.74, 6) is 0.244. The summed E-state index contributed by atoms with van der Waals surface area (Å²) in [6, 6.07) is 0.612. The number of likely N-dealkylation sites (tertiary alicyclic amines) is 1. The Labute approximate surface area is 128 Å². The number of amides is 1. The summed E-state index contributed by atoms with van der Waals surface area (Å²) in [5, 5.41) is 12.6. The Balaban J connectivity index is 1.97. The highest BCUT2D eigenvalue weighted by Gasteiger charge is 2.37. The molecule has 2 saturated heterocycles. The first kappa shape index (κ1) is 16.7. The van der Waals surface area contributed by atoms with Gasteiger partial charge in [-0.05, 0) is 51.7 Å². The Kier molecular flexibility index (Phi) is 6.93. The van der Waals surface area contributed by atoms with Crippen molar-refractivity contribution in [1.29, 1.82) is 0 Å². The van der Waals surface area contributed by atoms with Crippen molar-refractivity contribution in [1.82, 2.24) is 15.1 Å². The molecule has 0 aromatic rings. The Morgan fingerprint density at radius 2 is 2.05 bits per heavy atom. The number of rotatable bonds is 7. The van der Waals surface area contributed by atoms with Crippen LogP contribution in [0.2, 0.25) is 0 Å². The molecule has 0 bridgehead atoms. The zero-order valence-corrected chi connectivity index (χ0v) is 13.4. The standard InChI is InChI=1S/C16H31N3O2/c1-2-3-10-18(12-13-20)16(21)15-5-4-11-19(15)14-6-8-17-9-7-14/h14-15,17,20H,2-13H2,1H3. The van der Waals surface area contributed by atoms with Gasteiger partial charge in [0.25, 0.3) is 0 Å². The van der Waals surface area contributed by atoms with Crippen molar-refractivity contribution in [3.8, 4) is 0 Å². The van der Waals surface area contributed by atoms with E-state index < -0.39 is 0 Å². The normalized spacial score (nSPS) is 24.4. The van der Waals surface area contributed by atoms with E-state index in [0.717, 1.165) is 64.7 Å². The van der Waals surface area contributed by atoms with Crippen LogP contribution in [-0.2, 0) is 4.79 Å². The van der Waals surface area contributed by atoms with Crippen molar-refractivity contribution < 1.29 is 9.90 Å². The Hall–Kier alpha value is -0.650. The number of piperidine rings is 1. The van der Waals surface area contributed by atoms with Gasteiger partial charge < -0.3 is 15.3 Å². The van der Waals surface area contributed by atoms with Gasteiger partial charge in [-0.1, -0.05) is 13.3 Å². The zero-order chi connectivity index (χ0) is 15.1. The lowest BCUT2D eigenvalue weighted by molar-refractivity contribution is -0.137. The Bertz CT molecular complexity index is 319. The van der Waals surface area contributed by atoms with Gasteiger partial charge in [0, 0.05) is 19.1 Å². The molecule has 0 saturated carbocycles. The first-order valence-corrected chi connectivity index (χ1v) is 8.64. The van der Waals surface area contributed by atoms with Crippen LogP contribution < -0.4 is 5.32 Å². The summed E-state index contributed by atoms with van der Waals surface area (Å²) in [5.41, 5.74) is 0. The summed E-state index contributed by atoms with van der Waals surface area (Å²) in [4.78, 5) is 17.2. The minimum absolute atomic E-state index is 0.0523. The van der Waals surface area contributed by atoms with Crippen LogP contribution in [0.5, 0.6) is 0 Å². The molecule has 0 spiro atoms. The van der Waals surface area contributed by atoms with Gasteiger partial charge in [0.15, 0.2) is 0 Å². The second-order valence-electron chi connectivity index (χ2n) is 6.28. The molecule has 1 amide bonds. The first-order valence-electron chi connectivity index (χ1n) is 8.64. The largest absolute Gasteiger partial charge is 0.395 e. The molecule has 2 fully saturated rings. The number of aliphatic hydroxyl groups is 1. The number of nitrogens with one attached hydrogen (secondary N) is 1. The fourth-order valence-electron chi connectivity index (χ4n) is 3.64. The third-order valence-electron chi connectivity index (χ3n) is 4.82. The minimum atomic E-state index is 0.0523. The highest BCUT2D eigenvalue weighted by atomic mass is 16.3. The van der Waals surface area contributed by atoms with Crippen LogP contribution in [0.25, 0.3) is 0 Å². The van der Waals surface area contributed by atoms with Crippen LogP contribution in [-0.4, -0.2) is 72.2 Å². The topological polar surface area (TPSA) is 55.8 Å². The van der Waals surface area contributed by atoms with E-state index in [4.69, 9.17) is 0 Å². The van der Waals surface area contributed by atoms with Crippen molar-refractivity contribution in [3.63, 3.8) is 0 Å². The molecule has 1 unspecified atom stereocenters. The van der Waals surface area contributed by atoms with Gasteiger partial charge >= 0.3 is 0 Å². The number of unbranched alkanes of at least 4 members (excludes halogenated alkanes) is 1. The lowest BCUT2D eigenvalue weighted by Gasteiger charge is -2.37. The van der Waals surface area contributed by atoms with E-state index in [2.05, 4.69) is 17.1 Å². The summed E-state index contributed by atoms with van der Waals surface area (Å²) in [6.07, 6.45) is 6.51. The molecular weight excluding hydrogens is 266 g/mol. The van der Waals surface area contributed by atoms with E-state index >= 15 is 0 Å². The van der Waals surface area contributed by atoms with Gasteiger partial charge in [0.2, 0.25) is 5.91 Å². The second-order valence-corrected chi connectivity index (χ2v) is 6.28. The highest BCUT2D eigenvalue weighted by Crippen LogP contribution is 2.25. The molecule has 5 nitrogen and oxygen atoms in total. The van der Waals surface area contributed by atoms with Crippen molar-refractivity contribution >= 4 is 5.91 Å². The SMILES string of the molecule is CCCCN(CCO)C(=O)C1CCCN1C1CCNCC1. The maximum absolute atomic E-state index is 12.9. The lowest BCUT2D eigenvalue weighted by atomic mass is 10.0. The van der Waals surface area contributed by atoms with Crippen molar-refractivity contribution in [2.45, 2.75) is 57.5 Å². The van der Waals surface area contributed by atoms with Crippen LogP contribution in [0, 0.1) is 0 Å². The maximum atomic E-state index is 12.9. The van der Waals surface area contributed by atoms with Crippen LogP contribution in [0.15, 0.2) is 0 Å². The van der Waals surface area contributed by atoms with Crippen LogP contribution in [0.4, 0.5) is 0 Å². The summed E-state index contributed by atoms with van der Waals surface area (Å²) >= 11 is 0. The molecule has 5 heteroatoms. The van der Waals surface area contributed by atoms with Gasteiger partial charge in [0.05, 0.1) is 12.6 Å². The quantitative estimate of drug-likeness (QED) is 0.731. The average molecular weight is 297 g/mol. The minimum Gasteiger partial charge on any atom is -0.395 e. The number of hydrogen-bond donors (Lipinski definition) is 2. The second kappa shape index (κ2) is 8.71. The molecule has 2 aliphatic heterocycles.